The van der Waals surface area contributed by atoms with Crippen LogP contribution >= 0.6 is 11.3 Å². The molecular formula is C23H26N4O5S2. The van der Waals surface area contributed by atoms with Crippen molar-refractivity contribution in [3.8, 4) is 11.5 Å². The highest BCUT2D eigenvalue weighted by atomic mass is 32.2. The van der Waals surface area contributed by atoms with Crippen LogP contribution in [0.1, 0.15) is 12.0 Å². The largest absolute Gasteiger partial charge is 0.497 e. The van der Waals surface area contributed by atoms with Gasteiger partial charge in [-0.25, -0.2) is 13.4 Å². The number of nitrogens with zero attached hydrogens (tertiary/aromatic N) is 2. The first-order valence-electron chi connectivity index (χ1n) is 10.7. The van der Waals surface area contributed by atoms with Gasteiger partial charge in [0.2, 0.25) is 5.91 Å². The van der Waals surface area contributed by atoms with E-state index in [-0.39, 0.29) is 16.8 Å². The van der Waals surface area contributed by atoms with Crippen LogP contribution in [0.2, 0.25) is 0 Å². The summed E-state index contributed by atoms with van der Waals surface area (Å²) in [6.07, 6.45) is 2.88. The van der Waals surface area contributed by atoms with Gasteiger partial charge >= 0.3 is 0 Å². The molecule has 2 N–H and O–H groups in total. The molecule has 0 aliphatic carbocycles. The molecule has 1 amide bonds. The van der Waals surface area contributed by atoms with E-state index < -0.39 is 10.0 Å². The molecule has 1 fully saturated rings. The minimum absolute atomic E-state index is 0.0332. The first-order chi connectivity index (χ1) is 16.4. The van der Waals surface area contributed by atoms with Crippen molar-refractivity contribution >= 4 is 38.1 Å². The van der Waals surface area contributed by atoms with Crippen molar-refractivity contribution in [3.63, 3.8) is 0 Å². The average molecular weight is 503 g/mol. The van der Waals surface area contributed by atoms with E-state index in [0.717, 1.165) is 17.1 Å². The molecular weight excluding hydrogens is 476 g/mol. The fourth-order valence-electron chi connectivity index (χ4n) is 3.84. The molecule has 34 heavy (non-hydrogen) atoms. The van der Waals surface area contributed by atoms with E-state index in [1.54, 1.807) is 36.6 Å². The number of ether oxygens (including phenoxy) is 2. The molecule has 9 nitrogen and oxygen atoms in total. The van der Waals surface area contributed by atoms with Crippen LogP contribution in [0.25, 0.3) is 0 Å². The van der Waals surface area contributed by atoms with Crippen LogP contribution in [-0.2, 0) is 21.2 Å². The van der Waals surface area contributed by atoms with Crippen molar-refractivity contribution in [1.29, 1.82) is 0 Å². The Hall–Kier alpha value is -3.15. The van der Waals surface area contributed by atoms with E-state index in [0.29, 0.717) is 36.8 Å². The van der Waals surface area contributed by atoms with E-state index in [2.05, 4.69) is 15.0 Å². The maximum absolute atomic E-state index is 12.9. The summed E-state index contributed by atoms with van der Waals surface area (Å²) < 4.78 is 38.2. The van der Waals surface area contributed by atoms with Gasteiger partial charge < -0.3 is 19.7 Å². The van der Waals surface area contributed by atoms with Crippen LogP contribution < -0.4 is 24.4 Å². The number of nitrogens with one attached hydrogen (secondary N) is 2. The molecule has 0 bridgehead atoms. The van der Waals surface area contributed by atoms with Gasteiger partial charge in [-0.3, -0.25) is 9.52 Å². The summed E-state index contributed by atoms with van der Waals surface area (Å²) in [5, 5.41) is 5.33. The van der Waals surface area contributed by atoms with Crippen LogP contribution in [0.15, 0.2) is 58.9 Å². The number of aromatic nitrogens is 1. The predicted molar refractivity (Wildman–Crippen MR) is 131 cm³/mol. The SMILES string of the molecule is COc1ccc(OC)c(CCNC2CCN(c3ccc(S(=O)(=O)Nc4nccs4)cc3)C2=O)c1. The molecule has 2 heterocycles. The number of thiazole rings is 1. The smallest absolute Gasteiger partial charge is 0.263 e. The second kappa shape index (κ2) is 10.4. The zero-order chi connectivity index (χ0) is 24.1. The molecule has 1 aliphatic rings. The zero-order valence-electron chi connectivity index (χ0n) is 18.9. The molecule has 0 saturated carbocycles. The molecule has 11 heteroatoms. The highest BCUT2D eigenvalue weighted by molar-refractivity contribution is 7.93. The summed E-state index contributed by atoms with van der Waals surface area (Å²) in [5.41, 5.74) is 1.66. The molecule has 0 spiro atoms. The van der Waals surface area contributed by atoms with Gasteiger partial charge in [-0.15, -0.1) is 11.3 Å². The van der Waals surface area contributed by atoms with Gasteiger partial charge in [0.15, 0.2) is 5.13 Å². The highest BCUT2D eigenvalue weighted by Gasteiger charge is 2.32. The van der Waals surface area contributed by atoms with E-state index in [9.17, 15) is 13.2 Å². The third-order valence-corrected chi connectivity index (χ3v) is 7.76. The molecule has 180 valence electrons. The van der Waals surface area contributed by atoms with Gasteiger partial charge in [0, 0.05) is 30.4 Å². The third kappa shape index (κ3) is 5.32. The Morgan fingerprint density at radius 2 is 1.94 bits per heavy atom. The Bertz CT molecular complexity index is 1230. The molecule has 4 rings (SSSR count). The van der Waals surface area contributed by atoms with E-state index >= 15 is 0 Å². The first kappa shape index (κ1) is 24.0. The van der Waals surface area contributed by atoms with Crippen molar-refractivity contribution < 1.29 is 22.7 Å². The Labute approximate surface area is 202 Å². The number of hydrogen-bond acceptors (Lipinski definition) is 8. The fraction of sp³-hybridized carbons (Fsp3) is 0.304. The lowest BCUT2D eigenvalue weighted by Gasteiger charge is -2.18. The number of benzene rings is 2. The second-order valence-electron chi connectivity index (χ2n) is 7.65. The van der Waals surface area contributed by atoms with E-state index in [4.69, 9.17) is 9.47 Å². The molecule has 1 aliphatic heterocycles. The number of amides is 1. The monoisotopic (exact) mass is 502 g/mol. The molecule has 3 aromatic rings. The first-order valence-corrected chi connectivity index (χ1v) is 13.1. The Balaban J connectivity index is 1.35. The topological polar surface area (TPSA) is 110 Å². The van der Waals surface area contributed by atoms with Crippen LogP contribution in [0.3, 0.4) is 0 Å². The second-order valence-corrected chi connectivity index (χ2v) is 10.2. The number of carbonyl (C=O) groups is 1. The fourth-order valence-corrected chi connectivity index (χ4v) is 5.63. The van der Waals surface area contributed by atoms with Crippen molar-refractivity contribution in [2.24, 2.45) is 0 Å². The van der Waals surface area contributed by atoms with Gasteiger partial charge in [0.1, 0.15) is 11.5 Å². The van der Waals surface area contributed by atoms with Crippen LogP contribution in [0, 0.1) is 0 Å². The number of methoxy groups -OCH3 is 2. The van der Waals surface area contributed by atoms with Gasteiger partial charge in [-0.1, -0.05) is 0 Å². The molecule has 1 atom stereocenters. The molecule has 0 radical (unpaired) electrons. The van der Waals surface area contributed by atoms with E-state index in [1.807, 2.05) is 18.2 Å². The standard InChI is InChI=1S/C23H26N4O5S2/c1-31-18-5-8-21(32-2)16(15-18)9-11-24-20-10-13-27(22(20)28)17-3-6-19(7-4-17)34(29,30)26-23-25-12-14-33-23/h3-8,12,14-15,20,24H,9-11,13H2,1-2H3,(H,25,26). The lowest BCUT2D eigenvalue weighted by atomic mass is 10.1. The maximum atomic E-state index is 12.9. The minimum Gasteiger partial charge on any atom is -0.497 e. The lowest BCUT2D eigenvalue weighted by molar-refractivity contribution is -0.118. The van der Waals surface area contributed by atoms with Gasteiger partial charge in [-0.2, -0.15) is 0 Å². The summed E-state index contributed by atoms with van der Waals surface area (Å²) >= 11 is 1.20. The van der Waals surface area contributed by atoms with Crippen molar-refractivity contribution in [2.75, 3.05) is 36.9 Å². The summed E-state index contributed by atoms with van der Waals surface area (Å²) in [5.74, 6) is 1.50. The summed E-state index contributed by atoms with van der Waals surface area (Å²) in [4.78, 5) is 18.7. The predicted octanol–water partition coefficient (Wildman–Crippen LogP) is 2.90. The Morgan fingerprint density at radius 1 is 1.15 bits per heavy atom. The van der Waals surface area contributed by atoms with Gasteiger partial charge in [0.25, 0.3) is 10.0 Å². The number of anilines is 2. The van der Waals surface area contributed by atoms with Crippen molar-refractivity contribution in [2.45, 2.75) is 23.8 Å². The Kier molecular flexibility index (Phi) is 7.35. The summed E-state index contributed by atoms with van der Waals surface area (Å²) in [7, 11) is -0.486. The number of carbonyl (C=O) groups excluding carboxylic acids is 1. The normalized spacial score (nSPS) is 16.0. The van der Waals surface area contributed by atoms with Crippen LogP contribution in [0.4, 0.5) is 10.8 Å². The molecule has 1 aromatic heterocycles. The van der Waals surface area contributed by atoms with Gasteiger partial charge in [-0.05, 0) is 60.9 Å². The lowest BCUT2D eigenvalue weighted by Crippen LogP contribution is -2.39. The third-order valence-electron chi connectivity index (χ3n) is 5.59. The molecule has 2 aromatic carbocycles. The average Bonchev–Trinajstić information content (AvgIpc) is 3.48. The molecule has 1 saturated heterocycles. The van der Waals surface area contributed by atoms with Crippen LogP contribution in [0.5, 0.6) is 11.5 Å². The molecule has 1 unspecified atom stereocenters. The highest BCUT2D eigenvalue weighted by Crippen LogP contribution is 2.26. The maximum Gasteiger partial charge on any atom is 0.263 e. The van der Waals surface area contributed by atoms with Crippen molar-refractivity contribution in [1.82, 2.24) is 10.3 Å². The number of sulfonamides is 1. The van der Waals surface area contributed by atoms with Gasteiger partial charge in [0.05, 0.1) is 25.2 Å². The minimum atomic E-state index is -3.73. The Morgan fingerprint density at radius 3 is 2.62 bits per heavy atom. The van der Waals surface area contributed by atoms with Crippen LogP contribution in [-0.4, -0.2) is 52.7 Å². The van der Waals surface area contributed by atoms with Crippen molar-refractivity contribution in [3.05, 3.63) is 59.6 Å². The summed E-state index contributed by atoms with van der Waals surface area (Å²) in [6, 6.07) is 11.6. The zero-order valence-corrected chi connectivity index (χ0v) is 20.5. The number of rotatable bonds is 10. The summed E-state index contributed by atoms with van der Waals surface area (Å²) in [6.45, 7) is 1.16. The number of hydrogen-bond donors (Lipinski definition) is 2. The quantitative estimate of drug-likeness (QED) is 0.439. The van der Waals surface area contributed by atoms with E-state index in [1.165, 1.54) is 29.7 Å².